The van der Waals surface area contributed by atoms with Crippen LogP contribution >= 0.6 is 31.2 Å². The standard InChI is InChI=1S/C9H12IO4P/c10-6-3-9(14,15-6)4-1-2-5(11)8(13)7(4)12/h4,6,8,13-15H,1-3H2. The molecule has 0 radical (unpaired) electrons. The lowest BCUT2D eigenvalue weighted by molar-refractivity contribution is -0.149. The number of aliphatic hydroxyl groups is 2. The maximum atomic E-state index is 11.7. The minimum absolute atomic E-state index is 0.205. The molecule has 6 heteroatoms. The number of hydrogen-bond donors (Lipinski definition) is 2. The van der Waals surface area contributed by atoms with Gasteiger partial charge < -0.3 is 10.2 Å². The van der Waals surface area contributed by atoms with Crippen LogP contribution in [0.1, 0.15) is 19.3 Å². The fourth-order valence-corrected chi connectivity index (χ4v) is 6.26. The highest BCUT2D eigenvalue weighted by Crippen LogP contribution is 2.59. The Kier molecular flexibility index (Phi) is 3.19. The van der Waals surface area contributed by atoms with E-state index < -0.39 is 28.9 Å². The smallest absolute Gasteiger partial charge is 0.175 e. The topological polar surface area (TPSA) is 74.6 Å². The van der Waals surface area contributed by atoms with Crippen LogP contribution in [0.3, 0.4) is 0 Å². The van der Waals surface area contributed by atoms with Gasteiger partial charge in [0, 0.05) is 10.1 Å². The fourth-order valence-electron chi connectivity index (χ4n) is 2.16. The van der Waals surface area contributed by atoms with Gasteiger partial charge in [-0.15, -0.1) is 0 Å². The van der Waals surface area contributed by atoms with E-state index in [9.17, 15) is 19.8 Å². The molecule has 15 heavy (non-hydrogen) atoms. The summed E-state index contributed by atoms with van der Waals surface area (Å²) in [6.07, 6.45) is -0.299. The van der Waals surface area contributed by atoms with Crippen LogP contribution in [0.2, 0.25) is 0 Å². The van der Waals surface area contributed by atoms with Gasteiger partial charge in [0.1, 0.15) is 0 Å². The van der Waals surface area contributed by atoms with E-state index in [1.807, 2.05) is 0 Å². The van der Waals surface area contributed by atoms with Gasteiger partial charge >= 0.3 is 0 Å². The van der Waals surface area contributed by atoms with Gasteiger partial charge in [0.15, 0.2) is 17.7 Å². The summed E-state index contributed by atoms with van der Waals surface area (Å²) in [5, 5.41) is 18.6. The van der Waals surface area contributed by atoms with Crippen LogP contribution in [0.4, 0.5) is 0 Å². The van der Waals surface area contributed by atoms with Crippen LogP contribution in [0.15, 0.2) is 0 Å². The van der Waals surface area contributed by atoms with Gasteiger partial charge in [0.2, 0.25) is 0 Å². The monoisotopic (exact) mass is 342 g/mol. The molecule has 0 spiro atoms. The van der Waals surface area contributed by atoms with Gasteiger partial charge in [0.25, 0.3) is 0 Å². The fraction of sp³-hybridized carbons (Fsp3) is 0.778. The zero-order valence-corrected chi connectivity index (χ0v) is 11.1. The van der Waals surface area contributed by atoms with Crippen molar-refractivity contribution in [2.45, 2.75) is 34.4 Å². The number of carbonyl (C=O) groups is 2. The lowest BCUT2D eigenvalue weighted by Gasteiger charge is -2.47. The van der Waals surface area contributed by atoms with E-state index in [1.54, 1.807) is 0 Å². The zero-order chi connectivity index (χ0) is 11.2. The summed E-state index contributed by atoms with van der Waals surface area (Å²) in [4.78, 5) is 22.7. The number of halogens is 1. The van der Waals surface area contributed by atoms with Crippen molar-refractivity contribution in [3.63, 3.8) is 0 Å². The number of aliphatic hydroxyl groups excluding tert-OH is 1. The molecule has 1 saturated carbocycles. The summed E-state index contributed by atoms with van der Waals surface area (Å²) in [5.74, 6) is -1.42. The van der Waals surface area contributed by atoms with E-state index in [-0.39, 0.29) is 6.42 Å². The van der Waals surface area contributed by atoms with Crippen molar-refractivity contribution < 1.29 is 19.8 Å². The molecular formula is C9H12IO4P. The summed E-state index contributed by atoms with van der Waals surface area (Å²) in [7, 11) is 0.336. The van der Waals surface area contributed by atoms with Gasteiger partial charge in [-0.05, 0) is 12.8 Å². The molecule has 4 nitrogen and oxygen atoms in total. The second-order valence-electron chi connectivity index (χ2n) is 4.10. The Morgan fingerprint density at radius 1 is 1.47 bits per heavy atom. The lowest BCUT2D eigenvalue weighted by atomic mass is 9.80. The average molecular weight is 342 g/mol. The third-order valence-electron chi connectivity index (χ3n) is 3.07. The number of carbonyl (C=O) groups excluding carboxylic acids is 2. The molecule has 1 heterocycles. The Bertz CT molecular complexity index is 313. The zero-order valence-electron chi connectivity index (χ0n) is 7.94. The molecule has 0 bridgehead atoms. The van der Waals surface area contributed by atoms with Gasteiger partial charge in [-0.3, -0.25) is 9.59 Å². The van der Waals surface area contributed by atoms with Crippen LogP contribution in [-0.2, 0) is 9.59 Å². The Hall–Kier alpha value is 0.420. The molecule has 2 fully saturated rings. The maximum Gasteiger partial charge on any atom is 0.175 e. The number of hydrogen-bond acceptors (Lipinski definition) is 4. The average Bonchev–Trinajstić information content (AvgIpc) is 2.12. The van der Waals surface area contributed by atoms with Crippen molar-refractivity contribution in [3.8, 4) is 0 Å². The van der Waals surface area contributed by atoms with Crippen molar-refractivity contribution >= 4 is 42.7 Å². The predicted molar refractivity (Wildman–Crippen MR) is 64.4 cm³/mol. The number of alkyl halides is 1. The van der Waals surface area contributed by atoms with E-state index in [2.05, 4.69) is 22.6 Å². The van der Waals surface area contributed by atoms with Gasteiger partial charge in [-0.2, -0.15) is 0 Å². The third-order valence-corrected chi connectivity index (χ3v) is 6.02. The van der Waals surface area contributed by atoms with E-state index in [4.69, 9.17) is 0 Å². The van der Waals surface area contributed by atoms with Gasteiger partial charge in [0.05, 0.1) is 11.3 Å². The molecular weight excluding hydrogens is 330 g/mol. The lowest BCUT2D eigenvalue weighted by Crippen LogP contribution is -2.53. The summed E-state index contributed by atoms with van der Waals surface area (Å²) < 4.78 is 0.426. The summed E-state index contributed by atoms with van der Waals surface area (Å²) in [6, 6.07) is 0. The highest BCUT2D eigenvalue weighted by molar-refractivity contribution is 14.1. The van der Waals surface area contributed by atoms with Crippen molar-refractivity contribution in [2.75, 3.05) is 0 Å². The summed E-state index contributed by atoms with van der Waals surface area (Å²) >= 11 is 2.24. The SMILES string of the molecule is O=C1CCC(C2(O)CC(I)P2)C(=O)C1O. The first-order valence-corrected chi connectivity index (χ1v) is 7.15. The highest BCUT2D eigenvalue weighted by atomic mass is 127. The number of Topliss-reactive ketones (excluding diaryl/α,β-unsaturated/α-hetero) is 2. The quantitative estimate of drug-likeness (QED) is 0.314. The molecule has 2 aliphatic rings. The van der Waals surface area contributed by atoms with Gasteiger partial charge in [-0.1, -0.05) is 31.2 Å². The van der Waals surface area contributed by atoms with Crippen molar-refractivity contribution in [1.29, 1.82) is 0 Å². The minimum atomic E-state index is -1.49. The molecule has 0 aromatic rings. The van der Waals surface area contributed by atoms with Gasteiger partial charge in [-0.25, -0.2) is 0 Å². The molecule has 1 aliphatic carbocycles. The Morgan fingerprint density at radius 2 is 2.07 bits per heavy atom. The predicted octanol–water partition coefficient (Wildman–Crippen LogP) is 0.427. The molecule has 2 rings (SSSR count). The Balaban J connectivity index is 2.11. The van der Waals surface area contributed by atoms with E-state index >= 15 is 0 Å². The molecule has 5 atom stereocenters. The molecule has 0 aromatic heterocycles. The summed E-state index contributed by atoms with van der Waals surface area (Å²) in [5.41, 5.74) is 0. The molecule has 0 amide bonds. The van der Waals surface area contributed by atoms with Crippen LogP contribution in [0.25, 0.3) is 0 Å². The van der Waals surface area contributed by atoms with E-state index in [0.29, 0.717) is 25.1 Å². The Morgan fingerprint density at radius 3 is 2.60 bits per heavy atom. The van der Waals surface area contributed by atoms with E-state index in [0.717, 1.165) is 0 Å². The second kappa shape index (κ2) is 4.02. The molecule has 0 aromatic carbocycles. The maximum absolute atomic E-state index is 11.7. The molecule has 1 aliphatic heterocycles. The first-order chi connectivity index (χ1) is 6.94. The summed E-state index contributed by atoms with van der Waals surface area (Å²) in [6.45, 7) is 0. The van der Waals surface area contributed by atoms with Crippen LogP contribution in [0.5, 0.6) is 0 Å². The van der Waals surface area contributed by atoms with Crippen molar-refractivity contribution in [3.05, 3.63) is 0 Å². The van der Waals surface area contributed by atoms with Crippen molar-refractivity contribution in [2.24, 2.45) is 5.92 Å². The van der Waals surface area contributed by atoms with E-state index in [1.165, 1.54) is 0 Å². The molecule has 1 saturated heterocycles. The molecule has 5 unspecified atom stereocenters. The van der Waals surface area contributed by atoms with Crippen molar-refractivity contribution in [1.82, 2.24) is 0 Å². The normalized spacial score (nSPS) is 48.1. The second-order valence-corrected chi connectivity index (χ2v) is 8.63. The highest BCUT2D eigenvalue weighted by Gasteiger charge is 2.53. The van der Waals surface area contributed by atoms with Crippen LogP contribution in [-0.4, -0.2) is 36.9 Å². The van der Waals surface area contributed by atoms with Crippen LogP contribution in [0, 0.1) is 5.92 Å². The largest absolute Gasteiger partial charge is 0.385 e. The minimum Gasteiger partial charge on any atom is -0.385 e. The first kappa shape index (κ1) is 11.9. The molecule has 2 N–H and O–H groups in total. The molecule has 84 valence electrons. The first-order valence-electron chi connectivity index (χ1n) is 4.83. The Labute approximate surface area is 103 Å². The van der Waals surface area contributed by atoms with Crippen LogP contribution < -0.4 is 0 Å². The number of ketones is 2. The third kappa shape index (κ3) is 1.99. The number of rotatable bonds is 1.